The molecule has 0 saturated heterocycles. The molecule has 120 heavy (non-hydrogen) atoms. The molecule has 0 radical (unpaired) electrons. The third-order valence-corrected chi connectivity index (χ3v) is 26.5. The first kappa shape index (κ1) is 118. The quantitative estimate of drug-likeness (QED) is 0.0273. The molecule has 0 N–H and O–H groups in total. The number of rotatable bonds is 90. The number of allylic oxidation sites excluding steroid dienone is 4. The van der Waals surface area contributed by atoms with Crippen LogP contribution in [0.3, 0.4) is 0 Å². The van der Waals surface area contributed by atoms with E-state index in [2.05, 4.69) is 118 Å². The molecule has 0 bridgehead atoms. The van der Waals surface area contributed by atoms with Gasteiger partial charge >= 0.3 is 16.5 Å². The van der Waals surface area contributed by atoms with Gasteiger partial charge in [-0.2, -0.15) is 12.8 Å². The molecule has 3 heteroatoms. The van der Waals surface area contributed by atoms with Gasteiger partial charge in [-0.05, 0) is 124 Å². The van der Waals surface area contributed by atoms with Gasteiger partial charge in [0.15, 0.2) is 0 Å². The Bertz CT molecular complexity index is 2350. The van der Waals surface area contributed by atoms with E-state index in [0.717, 1.165) is 75.6 Å². The van der Waals surface area contributed by atoms with Gasteiger partial charge in [0.1, 0.15) is 0 Å². The van der Waals surface area contributed by atoms with Crippen LogP contribution in [-0.2, 0) is 42.2 Å². The second-order valence-corrected chi connectivity index (χ2v) is 38.4. The van der Waals surface area contributed by atoms with E-state index in [0.29, 0.717) is 0 Å². The molecule has 0 atom stereocenters. The molecule has 0 saturated carbocycles. The molecule has 1 heterocycles. The third kappa shape index (κ3) is 72.7. The monoisotopic (exact) mass is 1710 g/mol. The first-order chi connectivity index (χ1) is 58.8. The van der Waals surface area contributed by atoms with E-state index in [1.54, 1.807) is 4.70 Å². The van der Waals surface area contributed by atoms with E-state index in [1.807, 2.05) is 0 Å². The summed E-state index contributed by atoms with van der Waals surface area (Å²) in [6.07, 6.45) is 128. The van der Waals surface area contributed by atoms with Crippen LogP contribution in [-0.4, -0.2) is 4.70 Å². The predicted octanol–water partition coefficient (Wildman–Crippen LogP) is 42.5. The van der Waals surface area contributed by atoms with Gasteiger partial charge in [-0.1, -0.05) is 561 Å². The van der Waals surface area contributed by atoms with Crippen molar-refractivity contribution in [2.45, 2.75) is 627 Å². The van der Waals surface area contributed by atoms with E-state index < -0.39 is 0 Å². The van der Waals surface area contributed by atoms with Crippen molar-refractivity contribution >= 4 is 11.4 Å². The summed E-state index contributed by atoms with van der Waals surface area (Å²) in [6.45, 7) is 26.3. The topological polar surface area (TPSA) is 25.3 Å². The molecule has 0 aliphatic carbocycles. The van der Waals surface area contributed by atoms with E-state index in [4.69, 9.17) is 0 Å². The Labute approximate surface area is 766 Å². The molecule has 702 valence electrons. The van der Waals surface area contributed by atoms with Crippen LogP contribution in [0.25, 0.3) is 16.9 Å². The second-order valence-electron chi connectivity index (χ2n) is 38.4. The average Bonchev–Trinajstić information content (AvgIpc) is 1.60. The van der Waals surface area contributed by atoms with Crippen molar-refractivity contribution < 1.29 is 21.2 Å². The molecular weight excluding hydrogens is 1490 g/mol. The summed E-state index contributed by atoms with van der Waals surface area (Å²) in [7, 11) is 0. The molecule has 2 aromatic carbocycles. The van der Waals surface area contributed by atoms with Crippen LogP contribution in [0.15, 0.2) is 59.7 Å². The molecule has 0 amide bonds. The summed E-state index contributed by atoms with van der Waals surface area (Å²) in [5, 5.41) is 0. The van der Waals surface area contributed by atoms with Crippen molar-refractivity contribution in [2.24, 2.45) is 0 Å². The van der Waals surface area contributed by atoms with E-state index in [9.17, 15) is 5.53 Å². The Balaban J connectivity index is 0.00000212. The minimum Gasteiger partial charge on any atom is -0.493 e. The minimum absolute atomic E-state index is 0. The van der Waals surface area contributed by atoms with Crippen molar-refractivity contribution in [3.63, 3.8) is 0 Å². The standard InChI is InChI=1S/C63H104N2.2C27H55.Ni/c1-7-13-19-20-21-22-23-24-25-26-27-28-29-30-31-32-33-34-35-36-41-47-61-60(46-18-12-6)62(58-50-54(42-37-14-8-2)48-55(51-58)43-38-15-9-3)65(64)63(61)59-52-56(44-39-16-10-4)49-57(53-59)45-40-17-11-5;2*1-3-5-7-9-11-13-15-17-19-21-23-25-27-26-24-22-20-18-16-14-12-10-8-6-4-2;/h41,47-53H,7-40,42-46H2,1-6H3;2*1,3-27H2,2H3;/q;2*-1;+2. The normalized spacial score (nSPS) is 12.2. The van der Waals surface area contributed by atoms with E-state index in [-0.39, 0.29) is 16.5 Å². The van der Waals surface area contributed by atoms with Gasteiger partial charge in [0.25, 0.3) is 0 Å². The van der Waals surface area contributed by atoms with Gasteiger partial charge in [-0.15, -0.1) is 0 Å². The summed E-state index contributed by atoms with van der Waals surface area (Å²) in [5.41, 5.74) is 25.5. The minimum atomic E-state index is 0. The zero-order chi connectivity index (χ0) is 85.9. The van der Waals surface area contributed by atoms with Crippen LogP contribution in [0.5, 0.6) is 0 Å². The fourth-order valence-corrected chi connectivity index (χ4v) is 18.5. The molecule has 1 aliphatic heterocycles. The Morgan fingerprint density at radius 1 is 0.217 bits per heavy atom. The van der Waals surface area contributed by atoms with Gasteiger partial charge in [-0.3, -0.25) is 0 Å². The van der Waals surface area contributed by atoms with Gasteiger partial charge in [0.05, 0.1) is 5.57 Å². The van der Waals surface area contributed by atoms with Crippen molar-refractivity contribution in [3.05, 3.63) is 112 Å². The summed E-state index contributed by atoms with van der Waals surface area (Å²) in [6, 6.07) is 14.7. The maximum Gasteiger partial charge on any atom is 2.00 e. The molecule has 0 unspecified atom stereocenters. The zero-order valence-corrected chi connectivity index (χ0v) is 84.2. The Kier molecular flexibility index (Phi) is 94.1. The van der Waals surface area contributed by atoms with Crippen molar-refractivity contribution in [1.29, 1.82) is 0 Å². The number of hydrogen-bond acceptors (Lipinski definition) is 0. The maximum absolute atomic E-state index is 12.8. The number of hydrogen-bond donors (Lipinski definition) is 0. The van der Waals surface area contributed by atoms with Gasteiger partial charge in [-0.25, -0.2) is 4.70 Å². The first-order valence-corrected chi connectivity index (χ1v) is 55.3. The second kappa shape index (κ2) is 95.9. The largest absolute Gasteiger partial charge is 2.00 e. The number of nitrogens with zero attached hydrogens (tertiary/aromatic N) is 2. The van der Waals surface area contributed by atoms with E-state index in [1.165, 1.54) is 552 Å². The summed E-state index contributed by atoms with van der Waals surface area (Å²) in [5.74, 6) is 0. The average molecular weight is 1710 g/mol. The Hall–Kier alpha value is -2.25. The SMILES string of the molecule is CCCCCCCCCCCCCCCCCCCCCC=CC1=C(c2cc(CCCCC)cc(CCCCC)c2)[N+](=[N-])C(c2cc(CCCCC)cc(CCCCC)c2)=C1CCCC.[CH2-]CCCCCCCCCCCCCCCCCCCCCCCCCC.[CH2-]CCCCCCCCCCCCCCCCCCCCCCCCCC.[Ni+2]. The van der Waals surface area contributed by atoms with Gasteiger partial charge < -0.3 is 19.4 Å². The van der Waals surface area contributed by atoms with Gasteiger partial charge in [0.2, 0.25) is 11.4 Å². The molecule has 1 aliphatic rings. The number of aryl methyl sites for hydroxylation is 4. The Morgan fingerprint density at radius 2 is 0.400 bits per heavy atom. The predicted molar refractivity (Wildman–Crippen MR) is 543 cm³/mol. The van der Waals surface area contributed by atoms with Crippen LogP contribution in [0.4, 0.5) is 0 Å². The van der Waals surface area contributed by atoms with E-state index >= 15 is 0 Å². The summed E-state index contributed by atoms with van der Waals surface area (Å²) < 4.78 is 1.66. The third-order valence-electron chi connectivity index (χ3n) is 26.5. The van der Waals surface area contributed by atoms with Crippen molar-refractivity contribution in [3.8, 4) is 0 Å². The van der Waals surface area contributed by atoms with Crippen molar-refractivity contribution in [2.75, 3.05) is 0 Å². The van der Waals surface area contributed by atoms with Crippen LogP contribution in [0.2, 0.25) is 0 Å². The molecule has 0 aromatic heterocycles. The summed E-state index contributed by atoms with van der Waals surface area (Å²) >= 11 is 0. The fourth-order valence-electron chi connectivity index (χ4n) is 18.5. The molecule has 0 spiro atoms. The van der Waals surface area contributed by atoms with Crippen LogP contribution in [0, 0.1) is 13.8 Å². The maximum atomic E-state index is 12.8. The fraction of sp³-hybridized carbons (Fsp3) is 0.829. The van der Waals surface area contributed by atoms with Crippen LogP contribution >= 0.6 is 0 Å². The molecule has 2 aromatic rings. The molecule has 3 rings (SSSR count). The zero-order valence-electron chi connectivity index (χ0n) is 83.2. The first-order valence-electron chi connectivity index (χ1n) is 55.3. The summed E-state index contributed by atoms with van der Waals surface area (Å²) in [4.78, 5) is 0. The number of unbranched alkanes of at least 4 members (excludes halogenated alkanes) is 76. The Morgan fingerprint density at radius 3 is 0.608 bits per heavy atom. The number of benzene rings is 2. The van der Waals surface area contributed by atoms with Crippen molar-refractivity contribution in [1.82, 2.24) is 0 Å². The molecular formula is C117H214N2Ni. The molecule has 2 nitrogen and oxygen atoms in total. The smallest absolute Gasteiger partial charge is 0.493 e. The van der Waals surface area contributed by atoms with Crippen LogP contribution in [0.1, 0.15) is 635 Å². The van der Waals surface area contributed by atoms with Gasteiger partial charge in [0, 0.05) is 16.7 Å². The van der Waals surface area contributed by atoms with Crippen LogP contribution < -0.4 is 0 Å². The molecule has 0 fully saturated rings.